The Balaban J connectivity index is 0.00000256. The van der Waals surface area contributed by atoms with E-state index in [1.54, 1.807) is 0 Å². The van der Waals surface area contributed by atoms with E-state index in [4.69, 9.17) is 5.11 Å². The van der Waals surface area contributed by atoms with Crippen molar-refractivity contribution >= 4 is 25.9 Å². The molecule has 2 atom stereocenters. The van der Waals surface area contributed by atoms with Gasteiger partial charge in [0.05, 0.1) is 23.3 Å². The summed E-state index contributed by atoms with van der Waals surface area (Å²) in [6.07, 6.45) is 0. The molecule has 0 amide bonds. The van der Waals surface area contributed by atoms with Crippen LogP contribution in [0.25, 0.3) is 0 Å². The second kappa shape index (κ2) is 5.95. The molecular weight excluding hydrogens is 285 g/mol. The Labute approximate surface area is 121 Å². The molecule has 8 nitrogen and oxygen atoms in total. The maximum absolute atomic E-state index is 11.2. The first-order valence-electron chi connectivity index (χ1n) is 4.22. The van der Waals surface area contributed by atoms with E-state index in [-0.39, 0.29) is 29.6 Å². The summed E-state index contributed by atoms with van der Waals surface area (Å²) in [5.41, 5.74) is 0. The average molecular weight is 295 g/mol. The van der Waals surface area contributed by atoms with E-state index >= 15 is 0 Å². The van der Waals surface area contributed by atoms with Crippen LogP contribution in [0.5, 0.6) is 0 Å². The Hall–Kier alpha value is 0.290. The Morgan fingerprint density at radius 2 is 1.94 bits per heavy atom. The molecule has 0 aromatic rings. The van der Waals surface area contributed by atoms with E-state index in [1.807, 2.05) is 0 Å². The average Bonchev–Trinajstić information content (AvgIpc) is 2.37. The summed E-state index contributed by atoms with van der Waals surface area (Å²) in [5.74, 6) is -2.55. The van der Waals surface area contributed by atoms with E-state index < -0.39 is 55.3 Å². The predicted octanol–water partition coefficient (Wildman–Crippen LogP) is -5.62. The van der Waals surface area contributed by atoms with Gasteiger partial charge in [0, 0.05) is 6.04 Å². The number of carbonyl (C=O) groups is 1. The second-order valence-electron chi connectivity index (χ2n) is 3.49. The fourth-order valence-electron chi connectivity index (χ4n) is 1.51. The van der Waals surface area contributed by atoms with Gasteiger partial charge in [-0.05, 0) is 0 Å². The number of nitrogens with one attached hydrogen (secondary N) is 1. The first kappa shape index (κ1) is 17.3. The summed E-state index contributed by atoms with van der Waals surface area (Å²) < 4.78 is 54.6. The summed E-state index contributed by atoms with van der Waals surface area (Å²) in [6, 6.07) is -1.15. The zero-order valence-electron chi connectivity index (χ0n) is 8.99. The van der Waals surface area contributed by atoms with Gasteiger partial charge < -0.3 is 15.0 Å². The minimum atomic E-state index is -4.76. The molecule has 0 aromatic heterocycles. The molecule has 1 aliphatic heterocycles. The fraction of sp³-hybridized carbons (Fsp3) is 0.833. The van der Waals surface area contributed by atoms with Crippen molar-refractivity contribution in [2.45, 2.75) is 11.3 Å². The third-order valence-corrected chi connectivity index (χ3v) is 5.37. The van der Waals surface area contributed by atoms with Crippen LogP contribution < -0.4 is 34.9 Å². The van der Waals surface area contributed by atoms with Gasteiger partial charge >= 0.3 is 35.5 Å². The minimum absolute atomic E-state index is 0. The van der Waals surface area contributed by atoms with Gasteiger partial charge in [-0.25, -0.2) is 16.8 Å². The van der Waals surface area contributed by atoms with E-state index in [0.29, 0.717) is 0 Å². The molecule has 1 aliphatic rings. The van der Waals surface area contributed by atoms with Crippen molar-refractivity contribution in [2.75, 3.05) is 18.1 Å². The molecule has 0 aromatic carbocycles. The smallest absolute Gasteiger partial charge is 0.748 e. The van der Waals surface area contributed by atoms with Crippen LogP contribution in [0.1, 0.15) is 0 Å². The number of rotatable bonds is 4. The molecule has 1 heterocycles. The van der Waals surface area contributed by atoms with Crippen LogP contribution in [0.4, 0.5) is 0 Å². The van der Waals surface area contributed by atoms with Crippen molar-refractivity contribution in [2.24, 2.45) is 0 Å². The summed E-state index contributed by atoms with van der Waals surface area (Å²) in [7, 11) is -8.37. The van der Waals surface area contributed by atoms with Crippen molar-refractivity contribution in [1.82, 2.24) is 5.32 Å². The van der Waals surface area contributed by atoms with Crippen LogP contribution in [-0.2, 0) is 24.7 Å². The quantitative estimate of drug-likeness (QED) is 0.386. The van der Waals surface area contributed by atoms with Gasteiger partial charge in [-0.1, -0.05) is 0 Å². The summed E-state index contributed by atoms with van der Waals surface area (Å²) in [5, 5.41) is 8.97. The van der Waals surface area contributed by atoms with Crippen LogP contribution >= 0.6 is 0 Å². The molecule has 1 rings (SSSR count). The number of carboxylic acids is 1. The molecule has 1 saturated heterocycles. The standard InChI is InChI=1S/C6H11NO7S2.Na/c8-6(9)1-7-4-2-15(10,11)3-5(4)16(12,13)14;/h4-5,7H,1-3H2,(H,8,9)(H,12,13,14);/q;+1/p-1. The number of aliphatic carboxylic acids is 1. The second-order valence-corrected chi connectivity index (χ2v) is 7.23. The summed E-state index contributed by atoms with van der Waals surface area (Å²) in [6.45, 7) is -0.591. The van der Waals surface area contributed by atoms with Crippen molar-refractivity contribution < 1.29 is 60.8 Å². The summed E-state index contributed by atoms with van der Waals surface area (Å²) >= 11 is 0. The van der Waals surface area contributed by atoms with Crippen LogP contribution in [0.2, 0.25) is 0 Å². The molecule has 0 aliphatic carbocycles. The number of hydrogen-bond donors (Lipinski definition) is 2. The molecule has 2 N–H and O–H groups in total. The minimum Gasteiger partial charge on any atom is -0.748 e. The largest absolute Gasteiger partial charge is 1.00 e. The maximum Gasteiger partial charge on any atom is 1.00 e. The number of hydrogen-bond acceptors (Lipinski definition) is 7. The molecule has 0 bridgehead atoms. The molecule has 0 saturated carbocycles. The number of carboxylic acid groups (broad SMARTS) is 1. The van der Waals surface area contributed by atoms with Crippen LogP contribution in [0.3, 0.4) is 0 Å². The van der Waals surface area contributed by atoms with Crippen LogP contribution in [0, 0.1) is 0 Å². The SMILES string of the molecule is O=C(O)CNC1CS(=O)(=O)CC1S(=O)(=O)[O-].[Na+]. The predicted molar refractivity (Wildman–Crippen MR) is 51.6 cm³/mol. The van der Waals surface area contributed by atoms with E-state index in [2.05, 4.69) is 5.32 Å². The van der Waals surface area contributed by atoms with Gasteiger partial charge in [-0.15, -0.1) is 0 Å². The van der Waals surface area contributed by atoms with E-state index in [9.17, 15) is 26.2 Å². The maximum atomic E-state index is 11.2. The molecule has 1 fully saturated rings. The van der Waals surface area contributed by atoms with Gasteiger partial charge in [0.15, 0.2) is 9.84 Å². The Morgan fingerprint density at radius 1 is 1.41 bits per heavy atom. The van der Waals surface area contributed by atoms with Gasteiger partial charge in [0.1, 0.15) is 10.1 Å². The Bertz CT molecular complexity index is 484. The third kappa shape index (κ3) is 5.20. The normalized spacial score (nSPS) is 27.4. The Kier molecular flexibility index (Phi) is 6.06. The van der Waals surface area contributed by atoms with E-state index in [1.165, 1.54) is 0 Å². The van der Waals surface area contributed by atoms with Gasteiger partial charge in [0.25, 0.3) is 0 Å². The molecular formula is C6H10NNaO7S2. The van der Waals surface area contributed by atoms with E-state index in [0.717, 1.165) is 0 Å². The molecule has 11 heteroatoms. The zero-order chi connectivity index (χ0) is 12.6. The van der Waals surface area contributed by atoms with Gasteiger partial charge in [-0.2, -0.15) is 0 Å². The zero-order valence-corrected chi connectivity index (χ0v) is 12.6. The number of sulfone groups is 1. The molecule has 94 valence electrons. The monoisotopic (exact) mass is 295 g/mol. The summed E-state index contributed by atoms with van der Waals surface area (Å²) in [4.78, 5) is 10.2. The first-order chi connectivity index (χ1) is 7.12. The fourth-order valence-corrected chi connectivity index (χ4v) is 5.28. The van der Waals surface area contributed by atoms with Crippen LogP contribution in [-0.4, -0.2) is 61.8 Å². The Morgan fingerprint density at radius 3 is 2.35 bits per heavy atom. The molecule has 0 radical (unpaired) electrons. The first-order valence-corrected chi connectivity index (χ1v) is 7.51. The molecule has 2 unspecified atom stereocenters. The molecule has 0 spiro atoms. The van der Waals surface area contributed by atoms with Crippen molar-refractivity contribution in [3.8, 4) is 0 Å². The van der Waals surface area contributed by atoms with Crippen LogP contribution in [0.15, 0.2) is 0 Å². The van der Waals surface area contributed by atoms with Crippen molar-refractivity contribution in [3.05, 3.63) is 0 Å². The third-order valence-electron chi connectivity index (χ3n) is 2.19. The van der Waals surface area contributed by atoms with Crippen molar-refractivity contribution in [3.63, 3.8) is 0 Å². The topological polar surface area (TPSA) is 141 Å². The molecule has 17 heavy (non-hydrogen) atoms. The van der Waals surface area contributed by atoms with Crippen molar-refractivity contribution in [1.29, 1.82) is 0 Å². The van der Waals surface area contributed by atoms with Gasteiger partial charge in [0.2, 0.25) is 0 Å². The van der Waals surface area contributed by atoms with Gasteiger partial charge in [-0.3, -0.25) is 4.79 Å².